The molecule has 14 heavy (non-hydrogen) atoms. The van der Waals surface area contributed by atoms with Crippen molar-refractivity contribution in [2.75, 3.05) is 10.6 Å². The maximum Gasteiger partial charge on any atom is 0.221 e. The largest absolute Gasteiger partial charge is 0.506 e. The van der Waals surface area contributed by atoms with Gasteiger partial charge in [0.2, 0.25) is 12.3 Å². The lowest BCUT2D eigenvalue weighted by molar-refractivity contribution is -0.114. The molecular formula is C9H10N2O3. The van der Waals surface area contributed by atoms with Gasteiger partial charge in [-0.25, -0.2) is 0 Å². The average Bonchev–Trinajstić information content (AvgIpc) is 2.10. The standard InChI is InChI=1S/C9H10N2O3/c1-6(13)11-8-4-7(10-5-12)2-3-9(8)14/h2-5,14H,1H3,(H,10,12)(H,11,13). The Bertz CT molecular complexity index is 363. The van der Waals surface area contributed by atoms with Crippen molar-refractivity contribution in [1.82, 2.24) is 0 Å². The van der Waals surface area contributed by atoms with E-state index in [2.05, 4.69) is 10.6 Å². The van der Waals surface area contributed by atoms with Crippen LogP contribution >= 0.6 is 0 Å². The van der Waals surface area contributed by atoms with Gasteiger partial charge >= 0.3 is 0 Å². The molecular weight excluding hydrogens is 184 g/mol. The van der Waals surface area contributed by atoms with Gasteiger partial charge in [-0.15, -0.1) is 0 Å². The molecule has 1 aromatic rings. The van der Waals surface area contributed by atoms with Gasteiger partial charge in [0.25, 0.3) is 0 Å². The van der Waals surface area contributed by atoms with Crippen LogP contribution < -0.4 is 10.6 Å². The Hall–Kier alpha value is -2.04. The summed E-state index contributed by atoms with van der Waals surface area (Å²) in [5, 5.41) is 14.2. The van der Waals surface area contributed by atoms with Crippen LogP contribution in [0.5, 0.6) is 5.75 Å². The van der Waals surface area contributed by atoms with Gasteiger partial charge in [-0.05, 0) is 18.2 Å². The molecule has 1 rings (SSSR count). The topological polar surface area (TPSA) is 78.4 Å². The van der Waals surface area contributed by atoms with Gasteiger partial charge < -0.3 is 15.7 Å². The minimum Gasteiger partial charge on any atom is -0.506 e. The summed E-state index contributed by atoms with van der Waals surface area (Å²) in [5.74, 6) is -0.333. The van der Waals surface area contributed by atoms with Gasteiger partial charge in [0.1, 0.15) is 5.75 Å². The number of anilines is 2. The minimum absolute atomic E-state index is 0.0448. The fraction of sp³-hybridized carbons (Fsp3) is 0.111. The number of amides is 2. The van der Waals surface area contributed by atoms with Crippen LogP contribution in [0.25, 0.3) is 0 Å². The number of carbonyl (C=O) groups excluding carboxylic acids is 2. The van der Waals surface area contributed by atoms with E-state index in [1.807, 2.05) is 0 Å². The molecule has 0 aliphatic rings. The lowest BCUT2D eigenvalue weighted by atomic mass is 10.2. The van der Waals surface area contributed by atoms with Crippen LogP contribution in [0.4, 0.5) is 11.4 Å². The quantitative estimate of drug-likeness (QED) is 0.380. The summed E-state index contributed by atoms with van der Waals surface area (Å²) in [4.78, 5) is 20.9. The summed E-state index contributed by atoms with van der Waals surface area (Å²) in [5.41, 5.74) is 0.769. The molecule has 0 aromatic heterocycles. The van der Waals surface area contributed by atoms with Crippen molar-refractivity contribution < 1.29 is 14.7 Å². The van der Waals surface area contributed by atoms with E-state index in [1.165, 1.54) is 25.1 Å². The van der Waals surface area contributed by atoms with Crippen LogP contribution in [0.1, 0.15) is 6.92 Å². The number of rotatable bonds is 3. The third kappa shape index (κ3) is 2.48. The van der Waals surface area contributed by atoms with E-state index < -0.39 is 0 Å². The molecule has 5 heteroatoms. The number of hydrogen-bond acceptors (Lipinski definition) is 3. The lowest BCUT2D eigenvalue weighted by Crippen LogP contribution is -2.06. The summed E-state index contributed by atoms with van der Waals surface area (Å²) in [6.45, 7) is 1.33. The minimum atomic E-state index is -0.288. The van der Waals surface area contributed by atoms with Gasteiger partial charge in [-0.3, -0.25) is 9.59 Å². The predicted octanol–water partition coefficient (Wildman–Crippen LogP) is 0.919. The first-order valence-electron chi connectivity index (χ1n) is 3.94. The van der Waals surface area contributed by atoms with E-state index in [-0.39, 0.29) is 17.3 Å². The Balaban J connectivity index is 2.95. The molecule has 0 bridgehead atoms. The monoisotopic (exact) mass is 194 g/mol. The number of phenolic OH excluding ortho intramolecular Hbond substituents is 1. The van der Waals surface area contributed by atoms with Crippen molar-refractivity contribution in [1.29, 1.82) is 0 Å². The molecule has 0 fully saturated rings. The van der Waals surface area contributed by atoms with Gasteiger partial charge in [0.05, 0.1) is 5.69 Å². The highest BCUT2D eigenvalue weighted by Gasteiger charge is 2.03. The fourth-order valence-corrected chi connectivity index (χ4v) is 0.984. The number of aromatic hydroxyl groups is 1. The zero-order valence-electron chi connectivity index (χ0n) is 7.57. The predicted molar refractivity (Wildman–Crippen MR) is 52.1 cm³/mol. The van der Waals surface area contributed by atoms with Crippen molar-refractivity contribution >= 4 is 23.7 Å². The molecule has 74 valence electrons. The molecule has 0 radical (unpaired) electrons. The fourth-order valence-electron chi connectivity index (χ4n) is 0.984. The van der Waals surface area contributed by atoms with Crippen molar-refractivity contribution in [2.45, 2.75) is 6.92 Å². The Morgan fingerprint density at radius 1 is 1.50 bits per heavy atom. The maximum atomic E-state index is 10.7. The van der Waals surface area contributed by atoms with E-state index in [4.69, 9.17) is 0 Å². The van der Waals surface area contributed by atoms with Gasteiger partial charge in [-0.2, -0.15) is 0 Å². The van der Waals surface area contributed by atoms with E-state index >= 15 is 0 Å². The molecule has 0 spiro atoms. The van der Waals surface area contributed by atoms with Crippen molar-refractivity contribution in [3.05, 3.63) is 18.2 Å². The summed E-state index contributed by atoms with van der Waals surface area (Å²) in [6, 6.07) is 4.37. The smallest absolute Gasteiger partial charge is 0.221 e. The number of nitrogens with one attached hydrogen (secondary N) is 2. The van der Waals surface area contributed by atoms with Crippen molar-refractivity contribution in [3.8, 4) is 5.75 Å². The Kier molecular flexibility index (Phi) is 3.06. The van der Waals surface area contributed by atoms with Crippen molar-refractivity contribution in [2.24, 2.45) is 0 Å². The van der Waals surface area contributed by atoms with E-state index in [1.54, 1.807) is 0 Å². The Morgan fingerprint density at radius 3 is 2.79 bits per heavy atom. The number of carbonyl (C=O) groups is 2. The molecule has 0 unspecified atom stereocenters. The first kappa shape index (κ1) is 10.0. The second-order valence-corrected chi connectivity index (χ2v) is 2.68. The molecule has 0 saturated carbocycles. The molecule has 3 N–H and O–H groups in total. The molecule has 0 heterocycles. The zero-order chi connectivity index (χ0) is 10.6. The first-order chi connectivity index (χ1) is 6.63. The molecule has 0 aliphatic heterocycles. The van der Waals surface area contributed by atoms with Crippen LogP contribution in [0.2, 0.25) is 0 Å². The van der Waals surface area contributed by atoms with Gasteiger partial charge in [0.15, 0.2) is 0 Å². The Labute approximate surface area is 80.7 Å². The molecule has 0 saturated heterocycles. The highest BCUT2D eigenvalue weighted by atomic mass is 16.3. The van der Waals surface area contributed by atoms with Gasteiger partial charge in [0, 0.05) is 12.6 Å². The summed E-state index contributed by atoms with van der Waals surface area (Å²) in [6.07, 6.45) is 0.518. The van der Waals surface area contributed by atoms with Crippen LogP contribution in [-0.2, 0) is 9.59 Å². The molecule has 0 aliphatic carbocycles. The van der Waals surface area contributed by atoms with E-state index in [9.17, 15) is 14.7 Å². The maximum absolute atomic E-state index is 10.7. The zero-order valence-corrected chi connectivity index (χ0v) is 7.57. The SMILES string of the molecule is CC(=O)Nc1cc(NC=O)ccc1O. The first-order valence-corrected chi connectivity index (χ1v) is 3.94. The van der Waals surface area contributed by atoms with E-state index in [0.717, 1.165) is 0 Å². The van der Waals surface area contributed by atoms with Crippen molar-refractivity contribution in [3.63, 3.8) is 0 Å². The van der Waals surface area contributed by atoms with Gasteiger partial charge in [-0.1, -0.05) is 0 Å². The number of hydrogen-bond donors (Lipinski definition) is 3. The molecule has 0 atom stereocenters. The molecule has 2 amide bonds. The summed E-state index contributed by atoms with van der Waals surface area (Å²) >= 11 is 0. The summed E-state index contributed by atoms with van der Waals surface area (Å²) < 4.78 is 0. The highest BCUT2D eigenvalue weighted by Crippen LogP contribution is 2.26. The third-order valence-corrected chi connectivity index (χ3v) is 1.53. The lowest BCUT2D eigenvalue weighted by Gasteiger charge is -2.06. The highest BCUT2D eigenvalue weighted by molar-refractivity contribution is 5.91. The summed E-state index contributed by atoms with van der Waals surface area (Å²) in [7, 11) is 0. The van der Waals surface area contributed by atoms with Crippen LogP contribution in [0.3, 0.4) is 0 Å². The van der Waals surface area contributed by atoms with Crippen LogP contribution in [0, 0.1) is 0 Å². The molecule has 1 aromatic carbocycles. The normalized spacial score (nSPS) is 9.21. The number of benzene rings is 1. The number of phenols is 1. The average molecular weight is 194 g/mol. The van der Waals surface area contributed by atoms with Crippen LogP contribution in [-0.4, -0.2) is 17.4 Å². The van der Waals surface area contributed by atoms with E-state index in [0.29, 0.717) is 12.1 Å². The third-order valence-electron chi connectivity index (χ3n) is 1.53. The second kappa shape index (κ2) is 4.27. The Morgan fingerprint density at radius 2 is 2.21 bits per heavy atom. The molecule has 5 nitrogen and oxygen atoms in total. The second-order valence-electron chi connectivity index (χ2n) is 2.68. The van der Waals surface area contributed by atoms with Crippen LogP contribution in [0.15, 0.2) is 18.2 Å².